The number of fused-ring (bicyclic) bond motifs is 1. The Kier molecular flexibility index (Phi) is 8.48. The summed E-state index contributed by atoms with van der Waals surface area (Å²) in [6.45, 7) is 10.7. The van der Waals surface area contributed by atoms with Crippen LogP contribution in [0.1, 0.15) is 76.7 Å². The standard InChI is InChI=1S/C31H40N6O6/c1-18(2)42-26-13-23-22(12-24(26)28(32)39)25(15-33-29(23)41-17-20-6-7-27(38)35-20)19-14-34-37(16-19)21-8-10-36(11-9-21)30(40)43-31(3,4)5/h12-16,18,20-21H,6-11,17H2,1-5H3,(H2,32,39)(H,35,38). The van der Waals surface area contributed by atoms with Crippen molar-refractivity contribution in [2.75, 3.05) is 19.7 Å². The number of aromatic nitrogens is 3. The molecule has 12 nitrogen and oxygen atoms in total. The molecule has 0 saturated carbocycles. The lowest BCUT2D eigenvalue weighted by molar-refractivity contribution is -0.119. The van der Waals surface area contributed by atoms with Crippen LogP contribution in [-0.4, -0.2) is 75.0 Å². The summed E-state index contributed by atoms with van der Waals surface area (Å²) in [5.74, 6) is 0.115. The largest absolute Gasteiger partial charge is 0.490 e. The highest BCUT2D eigenvalue weighted by atomic mass is 16.6. The molecule has 1 unspecified atom stereocenters. The van der Waals surface area contributed by atoms with Gasteiger partial charge in [-0.3, -0.25) is 14.3 Å². The van der Waals surface area contributed by atoms with E-state index in [0.717, 1.165) is 24.0 Å². The molecule has 2 saturated heterocycles. The van der Waals surface area contributed by atoms with Gasteiger partial charge in [-0.15, -0.1) is 0 Å². The lowest BCUT2D eigenvalue weighted by atomic mass is 9.99. The third-order valence-corrected chi connectivity index (χ3v) is 7.49. The molecular formula is C31H40N6O6. The highest BCUT2D eigenvalue weighted by molar-refractivity contribution is 6.06. The molecule has 2 aromatic heterocycles. The Balaban J connectivity index is 1.43. The van der Waals surface area contributed by atoms with E-state index in [-0.39, 0.29) is 42.4 Å². The number of nitrogens with two attached hydrogens (primary N) is 1. The van der Waals surface area contributed by atoms with Crippen LogP contribution in [0.4, 0.5) is 4.79 Å². The molecule has 0 bridgehead atoms. The number of primary amides is 1. The Morgan fingerprint density at radius 1 is 1.12 bits per heavy atom. The van der Waals surface area contributed by atoms with E-state index >= 15 is 0 Å². The minimum Gasteiger partial charge on any atom is -0.490 e. The highest BCUT2D eigenvalue weighted by Gasteiger charge is 2.28. The maximum atomic E-state index is 12.5. The van der Waals surface area contributed by atoms with Crippen molar-refractivity contribution >= 4 is 28.7 Å². The minimum atomic E-state index is -0.608. The topological polar surface area (TPSA) is 151 Å². The van der Waals surface area contributed by atoms with Crippen molar-refractivity contribution in [2.24, 2.45) is 5.73 Å². The summed E-state index contributed by atoms with van der Waals surface area (Å²) in [7, 11) is 0. The fourth-order valence-corrected chi connectivity index (χ4v) is 5.43. The number of likely N-dealkylation sites (tertiary alicyclic amines) is 1. The average molecular weight is 593 g/mol. The molecule has 5 rings (SSSR count). The van der Waals surface area contributed by atoms with Gasteiger partial charge in [-0.25, -0.2) is 9.78 Å². The fraction of sp³-hybridized carbons (Fsp3) is 0.516. The van der Waals surface area contributed by atoms with E-state index in [1.165, 1.54) is 0 Å². The number of amides is 3. The predicted octanol–water partition coefficient (Wildman–Crippen LogP) is 4.21. The number of rotatable bonds is 8. The third kappa shape index (κ3) is 7.00. The van der Waals surface area contributed by atoms with Crippen LogP contribution in [0.25, 0.3) is 21.9 Å². The smallest absolute Gasteiger partial charge is 0.410 e. The van der Waals surface area contributed by atoms with Crippen LogP contribution in [0.3, 0.4) is 0 Å². The number of hydrogen-bond acceptors (Lipinski definition) is 8. The number of ether oxygens (including phenoxy) is 3. The summed E-state index contributed by atoms with van der Waals surface area (Å²) in [5.41, 5.74) is 7.06. The van der Waals surface area contributed by atoms with E-state index in [1.54, 1.807) is 29.4 Å². The number of pyridine rings is 1. The molecule has 12 heteroatoms. The quantitative estimate of drug-likeness (QED) is 0.395. The number of piperidine rings is 1. The van der Waals surface area contributed by atoms with Crippen LogP contribution in [-0.2, 0) is 9.53 Å². The van der Waals surface area contributed by atoms with E-state index in [0.29, 0.717) is 48.3 Å². The van der Waals surface area contributed by atoms with Crippen molar-refractivity contribution in [3.05, 3.63) is 36.3 Å². The zero-order valence-electron chi connectivity index (χ0n) is 25.4. The van der Waals surface area contributed by atoms with E-state index in [9.17, 15) is 14.4 Å². The third-order valence-electron chi connectivity index (χ3n) is 7.49. The van der Waals surface area contributed by atoms with Crippen LogP contribution < -0.4 is 20.5 Å². The van der Waals surface area contributed by atoms with Gasteiger partial charge in [0, 0.05) is 48.4 Å². The first-order chi connectivity index (χ1) is 20.4. The van der Waals surface area contributed by atoms with Gasteiger partial charge < -0.3 is 30.2 Å². The number of carbonyl (C=O) groups is 3. The highest BCUT2D eigenvalue weighted by Crippen LogP contribution is 2.38. The molecular weight excluding hydrogens is 552 g/mol. The van der Waals surface area contributed by atoms with Gasteiger partial charge in [-0.05, 0) is 71.4 Å². The zero-order valence-corrected chi connectivity index (χ0v) is 25.4. The summed E-state index contributed by atoms with van der Waals surface area (Å²) in [4.78, 5) is 43.0. The molecule has 0 aliphatic carbocycles. The van der Waals surface area contributed by atoms with E-state index in [1.807, 2.05) is 45.5 Å². The van der Waals surface area contributed by atoms with Gasteiger partial charge in [-0.1, -0.05) is 0 Å². The molecule has 1 aromatic carbocycles. The second-order valence-corrected chi connectivity index (χ2v) is 12.4. The van der Waals surface area contributed by atoms with Gasteiger partial charge in [0.25, 0.3) is 5.91 Å². The SMILES string of the molecule is CC(C)Oc1cc2c(OCC3CCC(=O)N3)ncc(-c3cnn(C4CCN(C(=O)OC(C)(C)C)CC4)c3)c2cc1C(N)=O. The number of carbonyl (C=O) groups excluding carboxylic acids is 3. The van der Waals surface area contributed by atoms with Crippen molar-refractivity contribution in [2.45, 2.75) is 84.1 Å². The van der Waals surface area contributed by atoms with Crippen molar-refractivity contribution < 1.29 is 28.6 Å². The first kappa shape index (κ1) is 30.1. The van der Waals surface area contributed by atoms with Gasteiger partial charge in [-0.2, -0.15) is 5.10 Å². The summed E-state index contributed by atoms with van der Waals surface area (Å²) < 4.78 is 19.5. The summed E-state index contributed by atoms with van der Waals surface area (Å²) in [5, 5.41) is 8.92. The van der Waals surface area contributed by atoms with E-state index in [4.69, 9.17) is 19.9 Å². The monoisotopic (exact) mass is 592 g/mol. The molecule has 0 spiro atoms. The first-order valence-electron chi connectivity index (χ1n) is 14.8. The number of benzene rings is 1. The van der Waals surface area contributed by atoms with Crippen LogP contribution in [0.15, 0.2) is 30.7 Å². The number of nitrogens with one attached hydrogen (secondary N) is 1. The van der Waals surface area contributed by atoms with E-state index in [2.05, 4.69) is 15.4 Å². The second-order valence-electron chi connectivity index (χ2n) is 12.4. The Morgan fingerprint density at radius 2 is 1.86 bits per heavy atom. The normalized spacial score (nSPS) is 17.8. The van der Waals surface area contributed by atoms with E-state index < -0.39 is 11.5 Å². The Hall–Kier alpha value is -4.35. The van der Waals surface area contributed by atoms with Crippen LogP contribution in [0.2, 0.25) is 0 Å². The van der Waals surface area contributed by atoms with Crippen molar-refractivity contribution in [1.29, 1.82) is 0 Å². The molecule has 4 heterocycles. The molecule has 2 aliphatic heterocycles. The molecule has 2 aliphatic rings. The Labute approximate surface area is 250 Å². The maximum Gasteiger partial charge on any atom is 0.410 e. The van der Waals surface area contributed by atoms with Crippen LogP contribution in [0, 0.1) is 0 Å². The maximum absolute atomic E-state index is 12.5. The lowest BCUT2D eigenvalue weighted by Crippen LogP contribution is -2.42. The molecule has 43 heavy (non-hydrogen) atoms. The fourth-order valence-electron chi connectivity index (χ4n) is 5.43. The van der Waals surface area contributed by atoms with Gasteiger partial charge in [0.05, 0.1) is 29.9 Å². The molecule has 3 amide bonds. The summed E-state index contributed by atoms with van der Waals surface area (Å²) >= 11 is 0. The second kappa shape index (κ2) is 12.1. The average Bonchev–Trinajstić information content (AvgIpc) is 3.59. The summed E-state index contributed by atoms with van der Waals surface area (Å²) in [6.07, 6.45) is 7.59. The van der Waals surface area contributed by atoms with Crippen molar-refractivity contribution in [1.82, 2.24) is 25.0 Å². The lowest BCUT2D eigenvalue weighted by Gasteiger charge is -2.33. The molecule has 2 fully saturated rings. The zero-order chi connectivity index (χ0) is 30.9. The molecule has 1 atom stereocenters. The Morgan fingerprint density at radius 3 is 2.49 bits per heavy atom. The number of hydrogen-bond donors (Lipinski definition) is 2. The summed E-state index contributed by atoms with van der Waals surface area (Å²) in [6, 6.07) is 3.47. The molecule has 0 radical (unpaired) electrons. The van der Waals surface area contributed by atoms with Gasteiger partial charge in [0.15, 0.2) is 0 Å². The minimum absolute atomic E-state index is 0.00742. The van der Waals surface area contributed by atoms with Crippen molar-refractivity contribution in [3.63, 3.8) is 0 Å². The number of nitrogens with zero attached hydrogens (tertiary/aromatic N) is 4. The van der Waals surface area contributed by atoms with Gasteiger partial charge >= 0.3 is 6.09 Å². The molecule has 230 valence electrons. The Bertz CT molecular complexity index is 1520. The predicted molar refractivity (Wildman–Crippen MR) is 160 cm³/mol. The van der Waals surface area contributed by atoms with Crippen LogP contribution in [0.5, 0.6) is 11.6 Å². The van der Waals surface area contributed by atoms with Gasteiger partial charge in [0.1, 0.15) is 18.0 Å². The molecule has 3 N–H and O–H groups in total. The van der Waals surface area contributed by atoms with Crippen molar-refractivity contribution in [3.8, 4) is 22.8 Å². The van der Waals surface area contributed by atoms with Crippen LogP contribution >= 0.6 is 0 Å². The molecule has 3 aromatic rings. The van der Waals surface area contributed by atoms with Gasteiger partial charge in [0.2, 0.25) is 11.8 Å². The first-order valence-corrected chi connectivity index (χ1v) is 14.8.